The second-order valence-electron chi connectivity index (χ2n) is 6.63. The van der Waals surface area contributed by atoms with Gasteiger partial charge in [0.25, 0.3) is 0 Å². The van der Waals surface area contributed by atoms with Gasteiger partial charge in [0.15, 0.2) is 0 Å². The number of likely N-dealkylation sites (tertiary alicyclic amines) is 1. The van der Waals surface area contributed by atoms with Crippen LogP contribution in [0.4, 0.5) is 4.39 Å². The van der Waals surface area contributed by atoms with Gasteiger partial charge < -0.3 is 10.6 Å². The number of benzene rings is 1. The lowest BCUT2D eigenvalue weighted by Crippen LogP contribution is -2.43. The average molecular weight is 315 g/mol. The molecule has 1 aliphatic rings. The highest BCUT2D eigenvalue weighted by atomic mass is 35.5. The van der Waals surface area contributed by atoms with E-state index >= 15 is 0 Å². The Labute approximate surface area is 132 Å². The molecule has 118 valence electrons. The van der Waals surface area contributed by atoms with Crippen molar-refractivity contribution < 1.29 is 9.18 Å². The van der Waals surface area contributed by atoms with Crippen LogP contribution in [0.5, 0.6) is 0 Å². The number of carbonyl (C=O) groups is 1. The van der Waals surface area contributed by atoms with Crippen molar-refractivity contribution in [1.29, 1.82) is 0 Å². The van der Waals surface area contributed by atoms with Crippen LogP contribution in [-0.4, -0.2) is 30.4 Å². The van der Waals surface area contributed by atoms with Gasteiger partial charge >= 0.3 is 0 Å². The molecule has 1 aliphatic heterocycles. The molecule has 0 saturated carbocycles. The molecule has 0 spiro atoms. The van der Waals surface area contributed by atoms with Gasteiger partial charge in [-0.15, -0.1) is 12.4 Å². The Bertz CT molecular complexity index is 521. The molecule has 1 unspecified atom stereocenters. The monoisotopic (exact) mass is 314 g/mol. The summed E-state index contributed by atoms with van der Waals surface area (Å²) in [6.45, 7) is 7.80. The fourth-order valence-electron chi connectivity index (χ4n) is 2.76. The zero-order valence-corrected chi connectivity index (χ0v) is 13.7. The maximum atomic E-state index is 13.4. The van der Waals surface area contributed by atoms with Crippen LogP contribution in [-0.2, 0) is 10.2 Å². The number of carbonyl (C=O) groups excluding carboxylic acids is 1. The lowest BCUT2D eigenvalue weighted by molar-refractivity contribution is -0.135. The zero-order chi connectivity index (χ0) is 15.0. The van der Waals surface area contributed by atoms with Crippen molar-refractivity contribution in [2.45, 2.75) is 32.6 Å². The number of halogens is 2. The highest BCUT2D eigenvalue weighted by molar-refractivity contribution is 5.87. The minimum absolute atomic E-state index is 0. The van der Waals surface area contributed by atoms with E-state index in [0.717, 1.165) is 13.0 Å². The smallest absolute Gasteiger partial charge is 0.232 e. The van der Waals surface area contributed by atoms with E-state index in [2.05, 4.69) is 6.92 Å². The zero-order valence-electron chi connectivity index (χ0n) is 12.9. The lowest BCUT2D eigenvalue weighted by atomic mass is 9.83. The summed E-state index contributed by atoms with van der Waals surface area (Å²) in [7, 11) is 0. The molecule has 2 N–H and O–H groups in total. The van der Waals surface area contributed by atoms with E-state index in [1.807, 2.05) is 18.7 Å². The second kappa shape index (κ2) is 6.32. The molecule has 1 heterocycles. The van der Waals surface area contributed by atoms with E-state index in [1.54, 1.807) is 12.1 Å². The van der Waals surface area contributed by atoms with Gasteiger partial charge in [-0.3, -0.25) is 4.79 Å². The Balaban J connectivity index is 0.00000220. The van der Waals surface area contributed by atoms with E-state index in [0.29, 0.717) is 18.7 Å². The van der Waals surface area contributed by atoms with Gasteiger partial charge in [0.2, 0.25) is 5.91 Å². The molecule has 0 bridgehead atoms. The molecule has 1 atom stereocenters. The van der Waals surface area contributed by atoms with Crippen LogP contribution in [0.25, 0.3) is 0 Å². The van der Waals surface area contributed by atoms with Gasteiger partial charge in [-0.05, 0) is 49.9 Å². The molecule has 21 heavy (non-hydrogen) atoms. The van der Waals surface area contributed by atoms with Crippen LogP contribution in [0.15, 0.2) is 24.3 Å². The fraction of sp³-hybridized carbons (Fsp3) is 0.562. The third kappa shape index (κ3) is 3.55. The minimum atomic E-state index is -0.720. The van der Waals surface area contributed by atoms with Crippen molar-refractivity contribution in [3.8, 4) is 0 Å². The number of hydrogen-bond donors (Lipinski definition) is 1. The number of nitrogens with zero attached hydrogens (tertiary/aromatic N) is 1. The summed E-state index contributed by atoms with van der Waals surface area (Å²) in [5, 5.41) is 0. The SMILES string of the molecule is CC1(CN)CCN(C(=O)C(C)(C)c2cccc(F)c2)C1.Cl. The van der Waals surface area contributed by atoms with Gasteiger partial charge in [0.05, 0.1) is 5.41 Å². The van der Waals surface area contributed by atoms with Crippen LogP contribution in [0.2, 0.25) is 0 Å². The molecule has 3 nitrogen and oxygen atoms in total. The quantitative estimate of drug-likeness (QED) is 0.932. The molecule has 0 aromatic heterocycles. The first-order valence-electron chi connectivity index (χ1n) is 7.04. The molecule has 1 aromatic carbocycles. The second-order valence-corrected chi connectivity index (χ2v) is 6.63. The van der Waals surface area contributed by atoms with E-state index in [-0.39, 0.29) is 29.5 Å². The van der Waals surface area contributed by atoms with Crippen molar-refractivity contribution in [3.63, 3.8) is 0 Å². The molecule has 2 rings (SSSR count). The normalized spacial score (nSPS) is 22.0. The largest absolute Gasteiger partial charge is 0.341 e. The number of nitrogens with two attached hydrogens (primary N) is 1. The number of amides is 1. The summed E-state index contributed by atoms with van der Waals surface area (Å²) in [5.41, 5.74) is 5.78. The van der Waals surface area contributed by atoms with E-state index in [4.69, 9.17) is 5.73 Å². The van der Waals surface area contributed by atoms with Gasteiger partial charge in [0.1, 0.15) is 5.82 Å². The fourth-order valence-corrected chi connectivity index (χ4v) is 2.76. The van der Waals surface area contributed by atoms with Gasteiger partial charge in [-0.2, -0.15) is 0 Å². The Hall–Kier alpha value is -1.13. The third-order valence-corrected chi connectivity index (χ3v) is 4.42. The Morgan fingerprint density at radius 1 is 1.48 bits per heavy atom. The van der Waals surface area contributed by atoms with Crippen LogP contribution in [0.3, 0.4) is 0 Å². The summed E-state index contributed by atoms with van der Waals surface area (Å²) in [6, 6.07) is 6.29. The number of rotatable bonds is 3. The van der Waals surface area contributed by atoms with Crippen molar-refractivity contribution in [3.05, 3.63) is 35.6 Å². The highest BCUT2D eigenvalue weighted by Crippen LogP contribution is 2.33. The molecule has 1 aromatic rings. The van der Waals surface area contributed by atoms with Crippen molar-refractivity contribution in [1.82, 2.24) is 4.90 Å². The van der Waals surface area contributed by atoms with Gasteiger partial charge in [0, 0.05) is 13.1 Å². The van der Waals surface area contributed by atoms with Crippen molar-refractivity contribution in [2.75, 3.05) is 19.6 Å². The maximum absolute atomic E-state index is 13.4. The first-order chi connectivity index (χ1) is 9.28. The molecule has 1 saturated heterocycles. The first kappa shape index (κ1) is 17.9. The predicted molar refractivity (Wildman–Crippen MR) is 85.0 cm³/mol. The van der Waals surface area contributed by atoms with E-state index < -0.39 is 5.41 Å². The minimum Gasteiger partial charge on any atom is -0.341 e. The number of hydrogen-bond acceptors (Lipinski definition) is 2. The Kier molecular flexibility index (Phi) is 5.40. The summed E-state index contributed by atoms with van der Waals surface area (Å²) in [4.78, 5) is 14.6. The molecule has 0 aliphatic carbocycles. The molecule has 1 amide bonds. The Morgan fingerprint density at radius 2 is 2.14 bits per heavy atom. The van der Waals surface area contributed by atoms with Crippen LogP contribution >= 0.6 is 12.4 Å². The van der Waals surface area contributed by atoms with Gasteiger partial charge in [-0.1, -0.05) is 19.1 Å². The first-order valence-corrected chi connectivity index (χ1v) is 7.04. The molecule has 1 fully saturated rings. The van der Waals surface area contributed by atoms with Crippen LogP contribution in [0, 0.1) is 11.2 Å². The van der Waals surface area contributed by atoms with Gasteiger partial charge in [-0.25, -0.2) is 4.39 Å². The summed E-state index contributed by atoms with van der Waals surface area (Å²) in [5.74, 6) is -0.267. The molecular formula is C16H24ClFN2O. The van der Waals surface area contributed by atoms with Crippen molar-refractivity contribution in [2.24, 2.45) is 11.1 Å². The van der Waals surface area contributed by atoms with Crippen molar-refractivity contribution >= 4 is 18.3 Å². The van der Waals surface area contributed by atoms with Crippen LogP contribution < -0.4 is 5.73 Å². The predicted octanol–water partition coefficient (Wildman–Crippen LogP) is 2.72. The Morgan fingerprint density at radius 3 is 2.67 bits per heavy atom. The van der Waals surface area contributed by atoms with E-state index in [9.17, 15) is 9.18 Å². The third-order valence-electron chi connectivity index (χ3n) is 4.42. The summed E-state index contributed by atoms with van der Waals surface area (Å²) < 4.78 is 13.4. The molecule has 0 radical (unpaired) electrons. The lowest BCUT2D eigenvalue weighted by Gasteiger charge is -2.31. The highest BCUT2D eigenvalue weighted by Gasteiger charge is 2.40. The summed E-state index contributed by atoms with van der Waals surface area (Å²) in [6.07, 6.45) is 0.925. The average Bonchev–Trinajstić information content (AvgIpc) is 2.81. The van der Waals surface area contributed by atoms with E-state index in [1.165, 1.54) is 12.1 Å². The molecule has 5 heteroatoms. The topological polar surface area (TPSA) is 46.3 Å². The standard InChI is InChI=1S/C16H23FN2O.ClH/c1-15(2,12-5-4-6-13(17)9-12)14(20)19-8-7-16(3,10-18)11-19;/h4-6,9H,7-8,10-11,18H2,1-3H3;1H. The maximum Gasteiger partial charge on any atom is 0.232 e. The molecular weight excluding hydrogens is 291 g/mol. The summed E-state index contributed by atoms with van der Waals surface area (Å²) >= 11 is 0. The van der Waals surface area contributed by atoms with Crippen LogP contribution in [0.1, 0.15) is 32.8 Å².